The first-order valence-corrected chi connectivity index (χ1v) is 9.07. The van der Waals surface area contributed by atoms with Crippen LogP contribution in [0.5, 0.6) is 5.75 Å². The van der Waals surface area contributed by atoms with Gasteiger partial charge >= 0.3 is 0 Å². The summed E-state index contributed by atoms with van der Waals surface area (Å²) < 4.78 is 11.7. The van der Waals surface area contributed by atoms with Gasteiger partial charge in [-0.05, 0) is 68.0 Å². The van der Waals surface area contributed by atoms with Crippen LogP contribution in [0.1, 0.15) is 17.1 Å². The molecule has 0 aliphatic rings. The van der Waals surface area contributed by atoms with Crippen LogP contribution in [0.15, 0.2) is 45.3 Å². The molecule has 142 valence electrons. The molecule has 0 atom stereocenters. The van der Waals surface area contributed by atoms with E-state index in [9.17, 15) is 9.59 Å². The number of ether oxygens (including phenoxy) is 1. The van der Waals surface area contributed by atoms with Crippen molar-refractivity contribution in [2.45, 2.75) is 13.8 Å². The maximum absolute atomic E-state index is 11.8. The minimum atomic E-state index is -0.461. The van der Waals surface area contributed by atoms with E-state index in [1.165, 1.54) is 12.2 Å². The number of carbonyl (C=O) groups is 2. The van der Waals surface area contributed by atoms with Crippen LogP contribution >= 0.6 is 28.1 Å². The molecule has 0 aliphatic heterocycles. The van der Waals surface area contributed by atoms with Crippen molar-refractivity contribution in [1.82, 2.24) is 16.2 Å². The molecule has 2 aromatic rings. The Labute approximate surface area is 170 Å². The number of benzene rings is 1. The molecule has 0 radical (unpaired) electrons. The predicted octanol–water partition coefficient (Wildman–Crippen LogP) is 2.77. The van der Waals surface area contributed by atoms with Gasteiger partial charge in [-0.15, -0.1) is 0 Å². The Bertz CT molecular complexity index is 879. The number of hydrazine groups is 1. The van der Waals surface area contributed by atoms with E-state index in [2.05, 4.69) is 32.1 Å². The van der Waals surface area contributed by atoms with Crippen LogP contribution < -0.4 is 20.9 Å². The molecule has 2 amide bonds. The van der Waals surface area contributed by atoms with Crippen molar-refractivity contribution in [1.29, 1.82) is 0 Å². The monoisotopic (exact) mass is 451 g/mol. The lowest BCUT2D eigenvalue weighted by Crippen LogP contribution is -2.49. The largest absolute Gasteiger partial charge is 0.483 e. The van der Waals surface area contributed by atoms with E-state index in [-0.39, 0.29) is 11.7 Å². The summed E-state index contributed by atoms with van der Waals surface area (Å²) in [6, 6.07) is 8.99. The molecule has 0 saturated heterocycles. The molecule has 1 aromatic heterocycles. The third kappa shape index (κ3) is 7.24. The number of rotatable bonds is 5. The van der Waals surface area contributed by atoms with Crippen LogP contribution in [0.25, 0.3) is 6.08 Å². The first-order chi connectivity index (χ1) is 12.8. The number of amides is 2. The summed E-state index contributed by atoms with van der Waals surface area (Å²) in [6.07, 6.45) is 2.78. The second-order valence-corrected chi connectivity index (χ2v) is 6.80. The Morgan fingerprint density at radius 2 is 2.00 bits per heavy atom. The highest BCUT2D eigenvalue weighted by atomic mass is 79.9. The average Bonchev–Trinajstić information content (AvgIpc) is 3.03. The van der Waals surface area contributed by atoms with Crippen LogP contribution in [0.2, 0.25) is 0 Å². The Kier molecular flexibility index (Phi) is 7.56. The second kappa shape index (κ2) is 9.89. The Morgan fingerprint density at radius 3 is 2.67 bits per heavy atom. The molecule has 0 saturated carbocycles. The van der Waals surface area contributed by atoms with Crippen LogP contribution in [-0.4, -0.2) is 23.5 Å². The minimum absolute atomic E-state index is 0.0477. The van der Waals surface area contributed by atoms with Gasteiger partial charge in [0, 0.05) is 10.5 Å². The third-order valence-corrected chi connectivity index (χ3v) is 3.91. The lowest BCUT2D eigenvalue weighted by Gasteiger charge is -2.11. The molecule has 2 rings (SSSR count). The van der Waals surface area contributed by atoms with Crippen LogP contribution in [0.4, 0.5) is 0 Å². The fraction of sp³-hybridized carbons (Fsp3) is 0.167. The molecule has 0 bridgehead atoms. The average molecular weight is 452 g/mol. The molecule has 0 aliphatic carbocycles. The Hall–Kier alpha value is -2.65. The number of halogens is 1. The number of aryl methyl sites for hydroxylation is 2. The predicted molar refractivity (Wildman–Crippen MR) is 109 cm³/mol. The molecule has 7 nitrogen and oxygen atoms in total. The topological polar surface area (TPSA) is 92.6 Å². The van der Waals surface area contributed by atoms with Crippen molar-refractivity contribution in [2.75, 3.05) is 6.61 Å². The molecule has 0 fully saturated rings. The number of hydrogen-bond donors (Lipinski definition) is 3. The van der Waals surface area contributed by atoms with Crippen molar-refractivity contribution >= 4 is 51.2 Å². The Balaban J connectivity index is 1.70. The molecular weight excluding hydrogens is 434 g/mol. The standard InChI is InChI=1S/C18H18BrN3O4S/c1-11-9-13(19)4-7-15(11)25-10-17(24)21-22-18(27)20-16(23)8-6-14-5-3-12(2)26-14/h3-9H,10H2,1-2H3,(H,21,24)(H2,20,22,23,27). The van der Waals surface area contributed by atoms with Crippen molar-refractivity contribution in [2.24, 2.45) is 0 Å². The van der Waals surface area contributed by atoms with E-state index >= 15 is 0 Å². The number of thiocarbonyl (C=S) groups is 1. The van der Waals surface area contributed by atoms with Crippen LogP contribution in [0, 0.1) is 13.8 Å². The van der Waals surface area contributed by atoms with E-state index in [0.29, 0.717) is 11.5 Å². The first kappa shape index (κ1) is 20.7. The van der Waals surface area contributed by atoms with Gasteiger partial charge < -0.3 is 9.15 Å². The van der Waals surface area contributed by atoms with E-state index in [1.54, 1.807) is 25.1 Å². The fourth-order valence-corrected chi connectivity index (χ4v) is 2.59. The zero-order valence-corrected chi connectivity index (χ0v) is 17.1. The summed E-state index contributed by atoms with van der Waals surface area (Å²) >= 11 is 8.29. The van der Waals surface area contributed by atoms with Gasteiger partial charge in [0.2, 0.25) is 5.91 Å². The van der Waals surface area contributed by atoms with E-state index in [0.717, 1.165) is 15.8 Å². The molecule has 27 heavy (non-hydrogen) atoms. The highest BCUT2D eigenvalue weighted by Crippen LogP contribution is 2.21. The number of nitrogens with one attached hydrogen (secondary N) is 3. The van der Waals surface area contributed by atoms with Gasteiger partial charge in [-0.1, -0.05) is 15.9 Å². The summed E-state index contributed by atoms with van der Waals surface area (Å²) in [6.45, 7) is 3.48. The second-order valence-electron chi connectivity index (χ2n) is 5.47. The zero-order chi connectivity index (χ0) is 19.8. The summed E-state index contributed by atoms with van der Waals surface area (Å²) in [5.74, 6) is 0.987. The molecule has 1 heterocycles. The van der Waals surface area contributed by atoms with E-state index < -0.39 is 11.8 Å². The molecule has 0 spiro atoms. The highest BCUT2D eigenvalue weighted by molar-refractivity contribution is 9.10. The minimum Gasteiger partial charge on any atom is -0.483 e. The summed E-state index contributed by atoms with van der Waals surface area (Å²) in [5.41, 5.74) is 5.67. The van der Waals surface area contributed by atoms with Gasteiger partial charge in [-0.3, -0.25) is 25.8 Å². The Morgan fingerprint density at radius 1 is 1.22 bits per heavy atom. The lowest BCUT2D eigenvalue weighted by molar-refractivity contribution is -0.123. The number of carbonyl (C=O) groups excluding carboxylic acids is 2. The van der Waals surface area contributed by atoms with Gasteiger partial charge in [0.1, 0.15) is 17.3 Å². The third-order valence-electron chi connectivity index (χ3n) is 3.21. The maximum Gasteiger partial charge on any atom is 0.276 e. The fourth-order valence-electron chi connectivity index (χ4n) is 1.97. The SMILES string of the molecule is Cc1ccc(C=CC(=O)NC(=S)NNC(=O)COc2ccc(Br)cc2C)o1. The quantitative estimate of drug-likeness (QED) is 0.367. The van der Waals surface area contributed by atoms with E-state index in [4.69, 9.17) is 21.4 Å². The van der Waals surface area contributed by atoms with Crippen molar-refractivity contribution < 1.29 is 18.7 Å². The molecule has 9 heteroatoms. The van der Waals surface area contributed by atoms with Crippen molar-refractivity contribution in [3.8, 4) is 5.75 Å². The number of furan rings is 1. The van der Waals surface area contributed by atoms with Gasteiger partial charge in [0.05, 0.1) is 0 Å². The van der Waals surface area contributed by atoms with Crippen LogP contribution in [0.3, 0.4) is 0 Å². The molecule has 0 unspecified atom stereocenters. The van der Waals surface area contributed by atoms with Gasteiger partial charge in [0.15, 0.2) is 11.7 Å². The lowest BCUT2D eigenvalue weighted by atomic mass is 10.2. The molecule has 3 N–H and O–H groups in total. The number of hydrogen-bond acceptors (Lipinski definition) is 5. The molecular formula is C18H18BrN3O4S. The summed E-state index contributed by atoms with van der Waals surface area (Å²) in [5, 5.41) is 2.35. The van der Waals surface area contributed by atoms with Gasteiger partial charge in [-0.2, -0.15) is 0 Å². The van der Waals surface area contributed by atoms with Crippen molar-refractivity contribution in [3.63, 3.8) is 0 Å². The van der Waals surface area contributed by atoms with E-state index in [1.807, 2.05) is 19.1 Å². The van der Waals surface area contributed by atoms with Crippen LogP contribution in [-0.2, 0) is 9.59 Å². The van der Waals surface area contributed by atoms with Gasteiger partial charge in [0.25, 0.3) is 5.91 Å². The van der Waals surface area contributed by atoms with Gasteiger partial charge in [-0.25, -0.2) is 0 Å². The molecule has 1 aromatic carbocycles. The van der Waals surface area contributed by atoms with Crippen molar-refractivity contribution in [3.05, 3.63) is 58.0 Å². The smallest absolute Gasteiger partial charge is 0.276 e. The normalized spacial score (nSPS) is 10.5. The summed E-state index contributed by atoms with van der Waals surface area (Å²) in [7, 11) is 0. The highest BCUT2D eigenvalue weighted by Gasteiger charge is 2.07. The summed E-state index contributed by atoms with van der Waals surface area (Å²) in [4.78, 5) is 23.5. The first-order valence-electron chi connectivity index (χ1n) is 7.87. The maximum atomic E-state index is 11.8. The zero-order valence-electron chi connectivity index (χ0n) is 14.7.